The number of rotatable bonds is 1. The zero-order valence-electron chi connectivity index (χ0n) is 13.1. The molecular formula is C17H30O2S. The van der Waals surface area contributed by atoms with Crippen molar-refractivity contribution in [3.8, 4) is 0 Å². The highest BCUT2D eigenvalue weighted by atomic mass is 32.2. The second-order valence-electron chi connectivity index (χ2n) is 7.48. The molecule has 0 amide bonds. The summed E-state index contributed by atoms with van der Waals surface area (Å²) in [6, 6.07) is 0. The van der Waals surface area contributed by atoms with Crippen LogP contribution in [0.15, 0.2) is 0 Å². The third-order valence-corrected chi connectivity index (χ3v) is 7.47. The Morgan fingerprint density at radius 2 is 1.85 bits per heavy atom. The minimum absolute atomic E-state index is 0.101. The molecule has 1 spiro atoms. The van der Waals surface area contributed by atoms with Crippen LogP contribution in [-0.4, -0.2) is 34.4 Å². The van der Waals surface area contributed by atoms with Crippen molar-refractivity contribution < 1.29 is 9.84 Å². The molecule has 0 radical (unpaired) electrons. The topological polar surface area (TPSA) is 29.5 Å². The minimum atomic E-state index is -0.432. The van der Waals surface area contributed by atoms with Crippen LogP contribution < -0.4 is 0 Å². The van der Waals surface area contributed by atoms with Gasteiger partial charge in [-0.25, -0.2) is 0 Å². The third-order valence-electron chi connectivity index (χ3n) is 6.48. The van der Waals surface area contributed by atoms with Crippen molar-refractivity contribution in [2.75, 3.05) is 18.1 Å². The van der Waals surface area contributed by atoms with Gasteiger partial charge in [-0.1, -0.05) is 26.7 Å². The predicted octanol–water partition coefficient (Wildman–Crippen LogP) is 3.87. The van der Waals surface area contributed by atoms with Crippen LogP contribution in [-0.2, 0) is 4.74 Å². The smallest absolute Gasteiger partial charge is 0.0705 e. The van der Waals surface area contributed by atoms with Gasteiger partial charge in [0.15, 0.2) is 0 Å². The first-order chi connectivity index (χ1) is 9.56. The molecule has 2 heterocycles. The average Bonchev–Trinajstić information content (AvgIpc) is 2.46. The molecule has 20 heavy (non-hydrogen) atoms. The van der Waals surface area contributed by atoms with Gasteiger partial charge in [0.25, 0.3) is 0 Å². The molecule has 2 nitrogen and oxygen atoms in total. The number of thioether (sulfide) groups is 1. The van der Waals surface area contributed by atoms with Gasteiger partial charge in [0.05, 0.1) is 11.2 Å². The molecule has 0 bridgehead atoms. The second kappa shape index (κ2) is 5.81. The average molecular weight is 298 g/mol. The molecule has 3 rings (SSSR count). The van der Waals surface area contributed by atoms with E-state index in [0.717, 1.165) is 25.9 Å². The lowest BCUT2D eigenvalue weighted by Gasteiger charge is -2.52. The molecule has 0 aromatic carbocycles. The largest absolute Gasteiger partial charge is 0.389 e. The first-order valence-electron chi connectivity index (χ1n) is 8.50. The van der Waals surface area contributed by atoms with E-state index in [1.807, 2.05) is 0 Å². The Morgan fingerprint density at radius 1 is 1.10 bits per heavy atom. The molecule has 4 unspecified atom stereocenters. The summed E-state index contributed by atoms with van der Waals surface area (Å²) in [6.07, 6.45) is 8.02. The Labute approximate surface area is 128 Å². The lowest BCUT2D eigenvalue weighted by molar-refractivity contribution is -0.176. The molecule has 4 atom stereocenters. The van der Waals surface area contributed by atoms with Crippen LogP contribution in [0.4, 0.5) is 0 Å². The molecule has 2 aliphatic heterocycles. The lowest BCUT2D eigenvalue weighted by atomic mass is 9.61. The maximum Gasteiger partial charge on any atom is 0.0705 e. The molecule has 3 fully saturated rings. The minimum Gasteiger partial charge on any atom is -0.389 e. The quantitative estimate of drug-likeness (QED) is 0.797. The van der Waals surface area contributed by atoms with Gasteiger partial charge in [0.1, 0.15) is 0 Å². The van der Waals surface area contributed by atoms with Crippen molar-refractivity contribution in [2.45, 2.75) is 70.0 Å². The van der Waals surface area contributed by atoms with Gasteiger partial charge in [-0.15, -0.1) is 0 Å². The van der Waals surface area contributed by atoms with E-state index in [1.54, 1.807) is 0 Å². The van der Waals surface area contributed by atoms with Crippen LogP contribution in [0.25, 0.3) is 0 Å². The van der Waals surface area contributed by atoms with Crippen LogP contribution in [0.3, 0.4) is 0 Å². The SMILES string of the molecule is CC1CCCC(O)(C2CCOC3(CCSCC3)C2)C1C. The Bertz CT molecular complexity index is 334. The molecule has 3 aliphatic rings. The van der Waals surface area contributed by atoms with E-state index in [2.05, 4.69) is 25.6 Å². The van der Waals surface area contributed by atoms with Crippen LogP contribution in [0.1, 0.15) is 58.8 Å². The summed E-state index contributed by atoms with van der Waals surface area (Å²) in [7, 11) is 0. The normalized spacial score (nSPS) is 45.5. The summed E-state index contributed by atoms with van der Waals surface area (Å²) in [4.78, 5) is 0. The Hall–Kier alpha value is 0.270. The summed E-state index contributed by atoms with van der Waals surface area (Å²) in [5, 5.41) is 11.4. The molecule has 0 aromatic rings. The van der Waals surface area contributed by atoms with E-state index in [0.29, 0.717) is 17.8 Å². The maximum atomic E-state index is 11.4. The van der Waals surface area contributed by atoms with Gasteiger partial charge in [-0.3, -0.25) is 0 Å². The number of hydrogen-bond acceptors (Lipinski definition) is 3. The fraction of sp³-hybridized carbons (Fsp3) is 1.00. The first kappa shape index (κ1) is 15.2. The van der Waals surface area contributed by atoms with Crippen molar-refractivity contribution in [1.82, 2.24) is 0 Å². The van der Waals surface area contributed by atoms with Crippen LogP contribution in [0, 0.1) is 17.8 Å². The van der Waals surface area contributed by atoms with Gasteiger partial charge in [0, 0.05) is 6.61 Å². The highest BCUT2D eigenvalue weighted by molar-refractivity contribution is 7.99. The Balaban J connectivity index is 1.75. The first-order valence-corrected chi connectivity index (χ1v) is 9.65. The summed E-state index contributed by atoms with van der Waals surface area (Å²) >= 11 is 2.06. The molecule has 116 valence electrons. The highest BCUT2D eigenvalue weighted by Gasteiger charge is 2.50. The number of ether oxygens (including phenoxy) is 1. The fourth-order valence-electron chi connectivity index (χ4n) is 4.80. The fourth-order valence-corrected chi connectivity index (χ4v) is 6.04. The third kappa shape index (κ3) is 2.66. The summed E-state index contributed by atoms with van der Waals surface area (Å²) in [5.74, 6) is 4.02. The molecule has 2 saturated heterocycles. The van der Waals surface area contributed by atoms with Crippen molar-refractivity contribution >= 4 is 11.8 Å². The molecular weight excluding hydrogens is 268 g/mol. The molecule has 1 aliphatic carbocycles. The monoisotopic (exact) mass is 298 g/mol. The molecule has 1 saturated carbocycles. The van der Waals surface area contributed by atoms with Crippen molar-refractivity contribution in [3.05, 3.63) is 0 Å². The maximum absolute atomic E-state index is 11.4. The van der Waals surface area contributed by atoms with Gasteiger partial charge < -0.3 is 9.84 Å². The van der Waals surface area contributed by atoms with E-state index in [-0.39, 0.29) is 5.60 Å². The van der Waals surface area contributed by atoms with Gasteiger partial charge in [-0.2, -0.15) is 11.8 Å². The van der Waals surface area contributed by atoms with Crippen LogP contribution in [0.5, 0.6) is 0 Å². The van der Waals surface area contributed by atoms with E-state index in [4.69, 9.17) is 4.74 Å². The van der Waals surface area contributed by atoms with E-state index in [9.17, 15) is 5.11 Å². The molecule has 1 N–H and O–H groups in total. The van der Waals surface area contributed by atoms with Gasteiger partial charge >= 0.3 is 0 Å². The van der Waals surface area contributed by atoms with Crippen molar-refractivity contribution in [3.63, 3.8) is 0 Å². The van der Waals surface area contributed by atoms with E-state index in [1.165, 1.54) is 37.2 Å². The predicted molar refractivity (Wildman–Crippen MR) is 85.1 cm³/mol. The summed E-state index contributed by atoms with van der Waals surface area (Å²) in [6.45, 7) is 5.46. The second-order valence-corrected chi connectivity index (χ2v) is 8.71. The zero-order valence-corrected chi connectivity index (χ0v) is 13.9. The summed E-state index contributed by atoms with van der Waals surface area (Å²) in [5.41, 5.74) is -0.330. The number of aliphatic hydroxyl groups is 1. The standard InChI is InChI=1S/C17H30O2S/c1-13-4-3-6-17(18,14(13)2)15-5-9-19-16(12-15)7-10-20-11-8-16/h13-15,18H,3-12H2,1-2H3. The van der Waals surface area contributed by atoms with E-state index < -0.39 is 5.60 Å². The van der Waals surface area contributed by atoms with Gasteiger partial charge in [-0.05, 0) is 61.4 Å². The number of hydrogen-bond donors (Lipinski definition) is 1. The molecule has 3 heteroatoms. The highest BCUT2D eigenvalue weighted by Crippen LogP contribution is 2.49. The van der Waals surface area contributed by atoms with Crippen molar-refractivity contribution in [2.24, 2.45) is 17.8 Å². The van der Waals surface area contributed by atoms with Crippen molar-refractivity contribution in [1.29, 1.82) is 0 Å². The lowest BCUT2D eigenvalue weighted by Crippen LogP contribution is -2.55. The Kier molecular flexibility index (Phi) is 4.41. The van der Waals surface area contributed by atoms with Crippen LogP contribution >= 0.6 is 11.8 Å². The molecule has 0 aromatic heterocycles. The van der Waals surface area contributed by atoms with Gasteiger partial charge in [0.2, 0.25) is 0 Å². The van der Waals surface area contributed by atoms with E-state index >= 15 is 0 Å². The van der Waals surface area contributed by atoms with Crippen LogP contribution in [0.2, 0.25) is 0 Å². The zero-order chi connectivity index (χ0) is 14.2. The summed E-state index contributed by atoms with van der Waals surface area (Å²) < 4.78 is 6.21. The Morgan fingerprint density at radius 3 is 2.60 bits per heavy atom.